The average molecular weight is 392 g/mol. The van der Waals surface area contributed by atoms with Crippen LogP contribution in [0, 0.1) is 5.92 Å². The van der Waals surface area contributed by atoms with E-state index in [1.807, 2.05) is 0 Å². The molecule has 1 aromatic rings. The van der Waals surface area contributed by atoms with Crippen molar-refractivity contribution >= 4 is 33.4 Å². The number of ether oxygens (including phenoxy) is 1. The number of nitrogen functional groups attached to an aromatic ring is 1. The van der Waals surface area contributed by atoms with Crippen molar-refractivity contribution in [3.63, 3.8) is 0 Å². The van der Waals surface area contributed by atoms with Crippen molar-refractivity contribution in [2.24, 2.45) is 5.92 Å². The van der Waals surface area contributed by atoms with Gasteiger partial charge in [-0.2, -0.15) is 8.42 Å². The molecule has 0 aliphatic heterocycles. The van der Waals surface area contributed by atoms with Crippen LogP contribution in [0.2, 0.25) is 5.02 Å². The number of rotatable bonds is 11. The van der Waals surface area contributed by atoms with Crippen LogP contribution in [0.15, 0.2) is 18.2 Å². The van der Waals surface area contributed by atoms with Crippen LogP contribution in [0.1, 0.15) is 38.2 Å². The minimum absolute atomic E-state index is 0.0619. The normalized spacial score (nSPS) is 12.8. The predicted molar refractivity (Wildman–Crippen MR) is 99.0 cm³/mol. The van der Waals surface area contributed by atoms with Crippen LogP contribution in [0.3, 0.4) is 0 Å². The maximum Gasteiger partial charge on any atom is 0.305 e. The molecule has 0 fully saturated rings. The third kappa shape index (κ3) is 9.67. The Kier molecular flexibility index (Phi) is 9.24. The SMILES string of the molecule is CCCCCC(=O)OCC(COS(C)(=O)=O)Cc1cc(Cl)ccc1N. The lowest BCUT2D eigenvalue weighted by Crippen LogP contribution is -2.23. The van der Waals surface area contributed by atoms with Crippen LogP contribution in [0.4, 0.5) is 5.69 Å². The summed E-state index contributed by atoms with van der Waals surface area (Å²) in [7, 11) is -3.58. The zero-order valence-electron chi connectivity index (χ0n) is 14.7. The molecule has 0 saturated heterocycles. The highest BCUT2D eigenvalue weighted by Crippen LogP contribution is 2.22. The Labute approximate surface area is 154 Å². The van der Waals surface area contributed by atoms with E-state index in [0.29, 0.717) is 23.6 Å². The van der Waals surface area contributed by atoms with Gasteiger partial charge in [0.15, 0.2) is 0 Å². The van der Waals surface area contributed by atoms with Crippen LogP contribution < -0.4 is 5.73 Å². The summed E-state index contributed by atoms with van der Waals surface area (Å²) in [6, 6.07) is 5.08. The molecule has 1 unspecified atom stereocenters. The number of anilines is 1. The van der Waals surface area contributed by atoms with Gasteiger partial charge in [0.05, 0.1) is 19.5 Å². The quantitative estimate of drug-likeness (QED) is 0.269. The van der Waals surface area contributed by atoms with Gasteiger partial charge in [0.1, 0.15) is 0 Å². The summed E-state index contributed by atoms with van der Waals surface area (Å²) < 4.78 is 32.6. The van der Waals surface area contributed by atoms with Gasteiger partial charge in [0, 0.05) is 23.0 Å². The molecule has 142 valence electrons. The van der Waals surface area contributed by atoms with Gasteiger partial charge >= 0.3 is 5.97 Å². The van der Waals surface area contributed by atoms with Gasteiger partial charge in [-0.3, -0.25) is 8.98 Å². The topological polar surface area (TPSA) is 95.7 Å². The van der Waals surface area contributed by atoms with Gasteiger partial charge in [-0.05, 0) is 36.6 Å². The first-order valence-corrected chi connectivity index (χ1v) is 10.4. The number of nitrogens with two attached hydrogens (primary N) is 1. The van der Waals surface area contributed by atoms with E-state index in [1.54, 1.807) is 18.2 Å². The maximum absolute atomic E-state index is 11.8. The zero-order chi connectivity index (χ0) is 18.9. The summed E-state index contributed by atoms with van der Waals surface area (Å²) in [5.74, 6) is -0.637. The van der Waals surface area contributed by atoms with Crippen molar-refractivity contribution < 1.29 is 22.1 Å². The molecule has 0 spiro atoms. The number of halogens is 1. The fourth-order valence-corrected chi connectivity index (χ4v) is 2.88. The Morgan fingerprint density at radius 3 is 2.64 bits per heavy atom. The monoisotopic (exact) mass is 391 g/mol. The van der Waals surface area contributed by atoms with E-state index in [0.717, 1.165) is 31.1 Å². The Bertz CT molecular complexity index is 663. The molecule has 0 aliphatic carbocycles. The van der Waals surface area contributed by atoms with Gasteiger partial charge in [-0.25, -0.2) is 0 Å². The number of hydrogen-bond donors (Lipinski definition) is 1. The molecule has 0 bridgehead atoms. The summed E-state index contributed by atoms with van der Waals surface area (Å²) in [6.45, 7) is 2.03. The van der Waals surface area contributed by atoms with Crippen molar-refractivity contribution in [2.75, 3.05) is 25.2 Å². The molecule has 0 radical (unpaired) electrons. The number of hydrogen-bond acceptors (Lipinski definition) is 6. The molecule has 1 rings (SSSR count). The van der Waals surface area contributed by atoms with E-state index in [2.05, 4.69) is 6.92 Å². The lowest BCUT2D eigenvalue weighted by Gasteiger charge is -2.18. The van der Waals surface area contributed by atoms with Crippen LogP contribution >= 0.6 is 11.6 Å². The molecule has 1 aromatic carbocycles. The van der Waals surface area contributed by atoms with Crippen molar-refractivity contribution in [1.82, 2.24) is 0 Å². The summed E-state index contributed by atoms with van der Waals surface area (Å²) >= 11 is 5.98. The first kappa shape index (κ1) is 21.7. The second-order valence-corrected chi connectivity index (χ2v) is 8.12. The minimum atomic E-state index is -3.58. The standard InChI is InChI=1S/C17H26ClNO5S/c1-3-4-5-6-17(20)23-11-13(12-24-25(2,21)22)9-14-10-15(18)7-8-16(14)19/h7-8,10,13H,3-6,9,11-12,19H2,1-2H3. The fourth-order valence-electron chi connectivity index (χ4n) is 2.25. The molecule has 0 aliphatic rings. The third-order valence-electron chi connectivity index (χ3n) is 3.60. The Morgan fingerprint density at radius 1 is 1.28 bits per heavy atom. The number of carbonyl (C=O) groups is 1. The van der Waals surface area contributed by atoms with Gasteiger partial charge in [0.2, 0.25) is 0 Å². The van der Waals surface area contributed by atoms with Crippen molar-refractivity contribution in [2.45, 2.75) is 39.0 Å². The first-order valence-electron chi connectivity index (χ1n) is 8.25. The highest BCUT2D eigenvalue weighted by Gasteiger charge is 2.17. The fraction of sp³-hybridized carbons (Fsp3) is 0.588. The van der Waals surface area contributed by atoms with E-state index >= 15 is 0 Å². The molecule has 2 N–H and O–H groups in total. The van der Waals surface area contributed by atoms with Gasteiger partial charge in [0.25, 0.3) is 10.1 Å². The Hall–Kier alpha value is -1.31. The van der Waals surface area contributed by atoms with E-state index in [4.69, 9.17) is 26.3 Å². The van der Waals surface area contributed by atoms with Crippen LogP contribution in [-0.2, 0) is 30.3 Å². The second-order valence-electron chi connectivity index (χ2n) is 6.04. The molecular formula is C17H26ClNO5S. The highest BCUT2D eigenvalue weighted by molar-refractivity contribution is 7.85. The zero-order valence-corrected chi connectivity index (χ0v) is 16.2. The summed E-state index contributed by atoms with van der Waals surface area (Å²) in [4.78, 5) is 11.8. The summed E-state index contributed by atoms with van der Waals surface area (Å²) in [5, 5.41) is 0.531. The minimum Gasteiger partial charge on any atom is -0.465 e. The first-order chi connectivity index (χ1) is 11.7. The van der Waals surface area contributed by atoms with Crippen LogP contribution in [0.25, 0.3) is 0 Å². The van der Waals surface area contributed by atoms with Crippen LogP contribution in [0.5, 0.6) is 0 Å². The Balaban J connectivity index is 2.68. The Morgan fingerprint density at radius 2 is 2.00 bits per heavy atom. The molecule has 0 saturated carbocycles. The van der Waals surface area contributed by atoms with E-state index in [9.17, 15) is 13.2 Å². The van der Waals surface area contributed by atoms with E-state index in [-0.39, 0.29) is 25.1 Å². The number of carbonyl (C=O) groups excluding carboxylic acids is 1. The molecule has 0 heterocycles. The van der Waals surface area contributed by atoms with E-state index < -0.39 is 10.1 Å². The molecule has 6 nitrogen and oxygen atoms in total. The maximum atomic E-state index is 11.8. The van der Waals surface area contributed by atoms with Crippen LogP contribution in [-0.4, -0.2) is 33.9 Å². The van der Waals surface area contributed by atoms with Crippen molar-refractivity contribution in [1.29, 1.82) is 0 Å². The second kappa shape index (κ2) is 10.6. The molecule has 0 amide bonds. The van der Waals surface area contributed by atoms with Crippen molar-refractivity contribution in [3.8, 4) is 0 Å². The third-order valence-corrected chi connectivity index (χ3v) is 4.40. The van der Waals surface area contributed by atoms with Gasteiger partial charge in [-0.15, -0.1) is 0 Å². The molecule has 0 aromatic heterocycles. The molecule has 8 heteroatoms. The highest BCUT2D eigenvalue weighted by atomic mass is 35.5. The van der Waals surface area contributed by atoms with Gasteiger partial charge in [-0.1, -0.05) is 31.4 Å². The predicted octanol–water partition coefficient (Wildman–Crippen LogP) is 3.18. The smallest absolute Gasteiger partial charge is 0.305 e. The lowest BCUT2D eigenvalue weighted by molar-refractivity contribution is -0.145. The lowest BCUT2D eigenvalue weighted by atomic mass is 9.99. The number of esters is 1. The number of benzene rings is 1. The summed E-state index contributed by atoms with van der Waals surface area (Å²) in [5.41, 5.74) is 7.24. The largest absolute Gasteiger partial charge is 0.465 e. The van der Waals surface area contributed by atoms with E-state index in [1.165, 1.54) is 0 Å². The van der Waals surface area contributed by atoms with Gasteiger partial charge < -0.3 is 10.5 Å². The average Bonchev–Trinajstić information content (AvgIpc) is 2.52. The summed E-state index contributed by atoms with van der Waals surface area (Å²) in [6.07, 6.45) is 4.49. The molecular weight excluding hydrogens is 366 g/mol. The van der Waals surface area contributed by atoms with Crippen molar-refractivity contribution in [3.05, 3.63) is 28.8 Å². The molecule has 1 atom stereocenters. The number of unbranched alkanes of at least 4 members (excludes halogenated alkanes) is 2. The molecule has 25 heavy (non-hydrogen) atoms.